The summed E-state index contributed by atoms with van der Waals surface area (Å²) in [6.07, 6.45) is 1.05. The number of hydrogen-bond acceptors (Lipinski definition) is 3. The zero-order chi connectivity index (χ0) is 17.5. The third-order valence-corrected chi connectivity index (χ3v) is 4.34. The number of hydrogen-bond donors (Lipinski definition) is 2. The van der Waals surface area contributed by atoms with Crippen molar-refractivity contribution in [2.45, 2.75) is 25.8 Å². The molecule has 1 aromatic carbocycles. The van der Waals surface area contributed by atoms with Gasteiger partial charge < -0.3 is 15.5 Å². The van der Waals surface area contributed by atoms with Crippen LogP contribution in [-0.2, 0) is 17.6 Å². The number of thiophene rings is 1. The van der Waals surface area contributed by atoms with E-state index in [9.17, 15) is 9.59 Å². The Morgan fingerprint density at radius 1 is 1.21 bits per heavy atom. The summed E-state index contributed by atoms with van der Waals surface area (Å²) in [7, 11) is 3.44. The fourth-order valence-corrected chi connectivity index (χ4v) is 2.99. The Balaban J connectivity index is 1.94. The maximum atomic E-state index is 12.2. The molecule has 24 heavy (non-hydrogen) atoms. The lowest BCUT2D eigenvalue weighted by Gasteiger charge is -2.16. The molecule has 1 atom stereocenters. The molecule has 0 unspecified atom stereocenters. The van der Waals surface area contributed by atoms with E-state index in [1.54, 1.807) is 36.4 Å². The van der Waals surface area contributed by atoms with Gasteiger partial charge in [0.15, 0.2) is 0 Å². The van der Waals surface area contributed by atoms with Gasteiger partial charge in [0, 0.05) is 25.8 Å². The Morgan fingerprint density at radius 2 is 1.96 bits per heavy atom. The molecule has 6 heteroatoms. The van der Waals surface area contributed by atoms with Crippen LogP contribution in [-0.4, -0.2) is 37.0 Å². The van der Waals surface area contributed by atoms with E-state index in [-0.39, 0.29) is 24.4 Å². The highest BCUT2D eigenvalue weighted by molar-refractivity contribution is 7.07. The summed E-state index contributed by atoms with van der Waals surface area (Å²) >= 11 is 1.65. The van der Waals surface area contributed by atoms with Gasteiger partial charge in [-0.2, -0.15) is 11.3 Å². The van der Waals surface area contributed by atoms with Crippen molar-refractivity contribution >= 4 is 29.0 Å². The van der Waals surface area contributed by atoms with Crippen LogP contribution in [0.15, 0.2) is 41.1 Å². The number of nitrogens with one attached hydrogen (secondary N) is 2. The van der Waals surface area contributed by atoms with Crippen LogP contribution in [0.3, 0.4) is 0 Å². The molecule has 0 aliphatic rings. The molecule has 3 amide bonds. The quantitative estimate of drug-likeness (QED) is 0.845. The van der Waals surface area contributed by atoms with Crippen LogP contribution in [0.1, 0.15) is 18.1 Å². The van der Waals surface area contributed by atoms with E-state index in [0.717, 1.165) is 12.0 Å². The number of carbonyl (C=O) groups excluding carboxylic acids is 2. The fraction of sp³-hybridized carbons (Fsp3) is 0.333. The van der Waals surface area contributed by atoms with Crippen LogP contribution >= 0.6 is 11.3 Å². The van der Waals surface area contributed by atoms with Gasteiger partial charge in [-0.05, 0) is 47.4 Å². The molecule has 0 radical (unpaired) electrons. The molecule has 0 aliphatic carbocycles. The van der Waals surface area contributed by atoms with Crippen molar-refractivity contribution < 1.29 is 9.59 Å². The Morgan fingerprint density at radius 3 is 2.62 bits per heavy atom. The Kier molecular flexibility index (Phi) is 6.37. The van der Waals surface area contributed by atoms with Gasteiger partial charge in [-0.25, -0.2) is 4.79 Å². The molecule has 128 valence electrons. The minimum absolute atomic E-state index is 0.00418. The molecule has 2 aromatic rings. The summed E-state index contributed by atoms with van der Waals surface area (Å²) in [6.45, 7) is 1.97. The first-order valence-corrected chi connectivity index (χ1v) is 8.76. The van der Waals surface area contributed by atoms with Gasteiger partial charge >= 0.3 is 6.03 Å². The molecular weight excluding hydrogens is 322 g/mol. The molecule has 0 fully saturated rings. The fourth-order valence-electron chi connectivity index (χ4n) is 2.31. The average molecular weight is 345 g/mol. The molecule has 1 heterocycles. The average Bonchev–Trinajstić information content (AvgIpc) is 3.01. The van der Waals surface area contributed by atoms with E-state index in [0.29, 0.717) is 5.69 Å². The van der Waals surface area contributed by atoms with Crippen molar-refractivity contribution in [2.75, 3.05) is 19.4 Å². The first kappa shape index (κ1) is 18.0. The third kappa shape index (κ3) is 5.38. The number of para-hydroxylation sites is 1. The Bertz CT molecular complexity index is 683. The summed E-state index contributed by atoms with van der Waals surface area (Å²) in [5.41, 5.74) is 2.68. The number of carbonyl (C=O) groups is 2. The van der Waals surface area contributed by atoms with E-state index in [1.807, 2.05) is 30.5 Å². The molecular formula is C18H23N3O2S. The first-order chi connectivity index (χ1) is 11.5. The van der Waals surface area contributed by atoms with Gasteiger partial charge in [0.2, 0.25) is 5.91 Å². The zero-order valence-corrected chi connectivity index (χ0v) is 15.0. The minimum Gasteiger partial charge on any atom is -0.349 e. The lowest BCUT2D eigenvalue weighted by Crippen LogP contribution is -2.37. The number of benzene rings is 1. The van der Waals surface area contributed by atoms with Crippen LogP contribution in [0, 0.1) is 0 Å². The maximum Gasteiger partial charge on any atom is 0.319 e. The first-order valence-electron chi connectivity index (χ1n) is 7.82. The van der Waals surface area contributed by atoms with Gasteiger partial charge in [0.05, 0.1) is 6.42 Å². The minimum atomic E-state index is -0.262. The van der Waals surface area contributed by atoms with Crippen LogP contribution in [0.25, 0.3) is 0 Å². The normalized spacial score (nSPS) is 11.6. The van der Waals surface area contributed by atoms with Crippen molar-refractivity contribution in [3.8, 4) is 0 Å². The summed E-state index contributed by atoms with van der Waals surface area (Å²) in [4.78, 5) is 25.7. The van der Waals surface area contributed by atoms with Crippen molar-refractivity contribution in [1.29, 1.82) is 0 Å². The second-order valence-electron chi connectivity index (χ2n) is 5.96. The highest BCUT2D eigenvalue weighted by Crippen LogP contribution is 2.16. The standard InChI is InChI=1S/C18H23N3O2S/c1-13(10-14-8-9-24-12-14)19-18(23)20-16-7-5-4-6-15(16)11-17(22)21(2)3/h4-9,12-13H,10-11H2,1-3H3,(H2,19,20,23)/t13-/m1/s1. The third-order valence-electron chi connectivity index (χ3n) is 3.61. The molecule has 0 spiro atoms. The van der Waals surface area contributed by atoms with Crippen molar-refractivity contribution in [3.05, 3.63) is 52.2 Å². The van der Waals surface area contributed by atoms with Crippen molar-refractivity contribution in [2.24, 2.45) is 0 Å². The van der Waals surface area contributed by atoms with Gasteiger partial charge in [-0.15, -0.1) is 0 Å². The van der Waals surface area contributed by atoms with Crippen LogP contribution in [0.5, 0.6) is 0 Å². The lowest BCUT2D eigenvalue weighted by atomic mass is 10.1. The summed E-state index contributed by atoms with van der Waals surface area (Å²) < 4.78 is 0. The molecule has 2 rings (SSSR count). The zero-order valence-electron chi connectivity index (χ0n) is 14.2. The number of nitrogens with zero attached hydrogens (tertiary/aromatic N) is 1. The number of urea groups is 1. The van der Waals surface area contributed by atoms with Crippen LogP contribution in [0.4, 0.5) is 10.5 Å². The molecule has 0 bridgehead atoms. The SMILES string of the molecule is C[C@H](Cc1ccsc1)NC(=O)Nc1ccccc1CC(=O)N(C)C. The van der Waals surface area contributed by atoms with E-state index >= 15 is 0 Å². The molecule has 2 N–H and O–H groups in total. The number of amides is 3. The highest BCUT2D eigenvalue weighted by atomic mass is 32.1. The molecule has 5 nitrogen and oxygen atoms in total. The number of likely N-dealkylation sites (N-methyl/N-ethyl adjacent to an activating group) is 1. The topological polar surface area (TPSA) is 61.4 Å². The molecule has 1 aromatic heterocycles. The number of rotatable bonds is 6. The summed E-state index contributed by atoms with van der Waals surface area (Å²) in [5, 5.41) is 9.89. The molecule has 0 saturated carbocycles. The lowest BCUT2D eigenvalue weighted by molar-refractivity contribution is -0.127. The predicted molar refractivity (Wildman–Crippen MR) is 98.5 cm³/mol. The highest BCUT2D eigenvalue weighted by Gasteiger charge is 2.13. The van der Waals surface area contributed by atoms with E-state index in [1.165, 1.54) is 5.56 Å². The van der Waals surface area contributed by atoms with Crippen LogP contribution in [0.2, 0.25) is 0 Å². The molecule has 0 saturated heterocycles. The summed E-state index contributed by atoms with van der Waals surface area (Å²) in [6, 6.07) is 9.18. The van der Waals surface area contributed by atoms with Crippen molar-refractivity contribution in [3.63, 3.8) is 0 Å². The van der Waals surface area contributed by atoms with Crippen LogP contribution < -0.4 is 10.6 Å². The second-order valence-corrected chi connectivity index (χ2v) is 6.74. The Labute approximate surface area is 146 Å². The van der Waals surface area contributed by atoms with Gasteiger partial charge in [-0.1, -0.05) is 18.2 Å². The van der Waals surface area contributed by atoms with Crippen molar-refractivity contribution in [1.82, 2.24) is 10.2 Å². The summed E-state index contributed by atoms with van der Waals surface area (Å²) in [5.74, 6) is -0.00418. The monoisotopic (exact) mass is 345 g/mol. The van der Waals surface area contributed by atoms with E-state index in [4.69, 9.17) is 0 Å². The number of anilines is 1. The van der Waals surface area contributed by atoms with E-state index < -0.39 is 0 Å². The largest absolute Gasteiger partial charge is 0.349 e. The second kappa shape index (κ2) is 8.49. The smallest absolute Gasteiger partial charge is 0.319 e. The van der Waals surface area contributed by atoms with Gasteiger partial charge in [0.1, 0.15) is 0 Å². The Hall–Kier alpha value is -2.34. The van der Waals surface area contributed by atoms with Gasteiger partial charge in [-0.3, -0.25) is 4.79 Å². The maximum absolute atomic E-state index is 12.2. The predicted octanol–water partition coefficient (Wildman–Crippen LogP) is 3.13. The van der Waals surface area contributed by atoms with Gasteiger partial charge in [0.25, 0.3) is 0 Å². The molecule has 0 aliphatic heterocycles. The van der Waals surface area contributed by atoms with E-state index in [2.05, 4.69) is 22.1 Å².